The summed E-state index contributed by atoms with van der Waals surface area (Å²) in [6, 6.07) is 22.9. The van der Waals surface area contributed by atoms with E-state index in [4.69, 9.17) is 23.8 Å². The molecule has 0 radical (unpaired) electrons. The van der Waals surface area contributed by atoms with Crippen molar-refractivity contribution in [3.8, 4) is 0 Å². The number of hydrogen-bond donors (Lipinski definition) is 3. The van der Waals surface area contributed by atoms with Crippen molar-refractivity contribution in [2.45, 2.75) is 11.3 Å². The first-order chi connectivity index (χ1) is 15.8. The van der Waals surface area contributed by atoms with E-state index in [0.29, 0.717) is 29.2 Å². The molecule has 0 saturated carbocycles. The summed E-state index contributed by atoms with van der Waals surface area (Å²) in [6.07, 6.45) is 3.51. The number of amides is 1. The third-order valence-electron chi connectivity index (χ3n) is 4.53. The quantitative estimate of drug-likeness (QED) is 0.316. The van der Waals surface area contributed by atoms with Crippen LogP contribution in [0.2, 0.25) is 5.02 Å². The van der Waals surface area contributed by atoms with Crippen LogP contribution in [0.1, 0.15) is 11.1 Å². The number of thiocarbonyl (C=S) groups is 1. The van der Waals surface area contributed by atoms with Crippen LogP contribution in [0.25, 0.3) is 6.08 Å². The number of anilines is 1. The van der Waals surface area contributed by atoms with E-state index in [9.17, 15) is 13.2 Å². The standard InChI is InChI=1S/C24H22ClN3O3S2/c25-22-9-5-4-8-19(22)10-15-23(29)28-24(32)27-20-11-13-21(14-12-20)33(30,31)26-17-16-18-6-2-1-3-7-18/h1-15,26H,16-17H2,(H2,27,28,29,32)/b15-10+. The van der Waals surface area contributed by atoms with Gasteiger partial charge in [-0.05, 0) is 66.2 Å². The molecule has 3 aromatic rings. The molecular weight excluding hydrogens is 478 g/mol. The fourth-order valence-corrected chi connectivity index (χ4v) is 4.32. The molecule has 3 aromatic carbocycles. The topological polar surface area (TPSA) is 87.3 Å². The second kappa shape index (κ2) is 11.7. The number of rotatable bonds is 8. The maximum absolute atomic E-state index is 12.5. The molecule has 0 fully saturated rings. The van der Waals surface area contributed by atoms with Crippen LogP contribution in [0.15, 0.2) is 89.8 Å². The third-order valence-corrected chi connectivity index (χ3v) is 6.55. The lowest BCUT2D eigenvalue weighted by Crippen LogP contribution is -2.32. The summed E-state index contributed by atoms with van der Waals surface area (Å²) in [4.78, 5) is 12.2. The zero-order valence-electron chi connectivity index (χ0n) is 17.5. The summed E-state index contributed by atoms with van der Waals surface area (Å²) in [5, 5.41) is 6.00. The van der Waals surface area contributed by atoms with Gasteiger partial charge in [0.15, 0.2) is 5.11 Å². The van der Waals surface area contributed by atoms with E-state index in [-0.39, 0.29) is 10.0 Å². The molecule has 0 heterocycles. The van der Waals surface area contributed by atoms with Crippen molar-refractivity contribution in [3.05, 3.63) is 101 Å². The van der Waals surface area contributed by atoms with Gasteiger partial charge in [0.1, 0.15) is 0 Å². The van der Waals surface area contributed by atoms with Crippen LogP contribution in [-0.4, -0.2) is 26.0 Å². The molecule has 9 heteroatoms. The molecule has 0 unspecified atom stereocenters. The van der Waals surface area contributed by atoms with Crippen molar-refractivity contribution >= 4 is 56.6 Å². The minimum absolute atomic E-state index is 0.0837. The Balaban J connectivity index is 1.50. The maximum Gasteiger partial charge on any atom is 0.250 e. The average molecular weight is 500 g/mol. The molecule has 6 nitrogen and oxygen atoms in total. The van der Waals surface area contributed by atoms with Crippen LogP contribution in [0.3, 0.4) is 0 Å². The number of carbonyl (C=O) groups is 1. The Kier molecular flexibility index (Phi) is 8.73. The van der Waals surface area contributed by atoms with Crippen LogP contribution >= 0.6 is 23.8 Å². The van der Waals surface area contributed by atoms with Gasteiger partial charge in [0.05, 0.1) is 4.90 Å². The SMILES string of the molecule is O=C(/C=C/c1ccccc1Cl)NC(=S)Nc1ccc(S(=O)(=O)NCCc2ccccc2)cc1. The normalized spacial score (nSPS) is 11.3. The lowest BCUT2D eigenvalue weighted by Gasteiger charge is -2.10. The minimum Gasteiger partial charge on any atom is -0.332 e. The Labute approximate surface area is 203 Å². The van der Waals surface area contributed by atoms with Crippen LogP contribution in [0, 0.1) is 0 Å². The maximum atomic E-state index is 12.5. The zero-order chi connectivity index (χ0) is 23.7. The Morgan fingerprint density at radius 3 is 2.30 bits per heavy atom. The van der Waals surface area contributed by atoms with Crippen molar-refractivity contribution in [1.82, 2.24) is 10.0 Å². The van der Waals surface area contributed by atoms with Gasteiger partial charge >= 0.3 is 0 Å². The second-order valence-electron chi connectivity index (χ2n) is 6.96. The van der Waals surface area contributed by atoms with Crippen molar-refractivity contribution in [2.24, 2.45) is 0 Å². The van der Waals surface area contributed by atoms with Crippen LogP contribution in [-0.2, 0) is 21.2 Å². The summed E-state index contributed by atoms with van der Waals surface area (Å²) < 4.78 is 27.6. The van der Waals surface area contributed by atoms with Gasteiger partial charge < -0.3 is 5.32 Å². The monoisotopic (exact) mass is 499 g/mol. The summed E-state index contributed by atoms with van der Waals surface area (Å²) >= 11 is 11.2. The van der Waals surface area contributed by atoms with Gasteiger partial charge in [0.2, 0.25) is 15.9 Å². The Morgan fingerprint density at radius 2 is 1.61 bits per heavy atom. The first-order valence-electron chi connectivity index (χ1n) is 10.0. The number of carbonyl (C=O) groups excluding carboxylic acids is 1. The molecule has 0 bridgehead atoms. The molecule has 0 aliphatic carbocycles. The molecule has 0 aliphatic heterocycles. The number of hydrogen-bond acceptors (Lipinski definition) is 4. The van der Waals surface area contributed by atoms with Gasteiger partial charge in [-0.25, -0.2) is 13.1 Å². The molecule has 0 atom stereocenters. The first-order valence-corrected chi connectivity index (χ1v) is 12.3. The van der Waals surface area contributed by atoms with E-state index in [0.717, 1.165) is 5.56 Å². The second-order valence-corrected chi connectivity index (χ2v) is 9.54. The van der Waals surface area contributed by atoms with Crippen molar-refractivity contribution in [3.63, 3.8) is 0 Å². The van der Waals surface area contributed by atoms with Crippen molar-refractivity contribution in [1.29, 1.82) is 0 Å². The summed E-state index contributed by atoms with van der Waals surface area (Å²) in [7, 11) is -3.63. The highest BCUT2D eigenvalue weighted by Gasteiger charge is 2.13. The average Bonchev–Trinajstić information content (AvgIpc) is 2.79. The molecule has 0 aliphatic rings. The lowest BCUT2D eigenvalue weighted by atomic mass is 10.2. The molecule has 1 amide bonds. The highest BCUT2D eigenvalue weighted by atomic mass is 35.5. The number of nitrogens with one attached hydrogen (secondary N) is 3. The number of benzene rings is 3. The van der Waals surface area contributed by atoms with Crippen LogP contribution in [0.5, 0.6) is 0 Å². The summed E-state index contributed by atoms with van der Waals surface area (Å²) in [6.45, 7) is 0.296. The third kappa shape index (κ3) is 7.80. The Morgan fingerprint density at radius 1 is 0.939 bits per heavy atom. The summed E-state index contributed by atoms with van der Waals surface area (Å²) in [5.41, 5.74) is 2.30. The highest BCUT2D eigenvalue weighted by Crippen LogP contribution is 2.16. The fourth-order valence-electron chi connectivity index (χ4n) is 2.87. The molecule has 170 valence electrons. The van der Waals surface area contributed by atoms with E-state index in [1.54, 1.807) is 36.4 Å². The molecule has 0 spiro atoms. The Bertz CT molecular complexity index is 1250. The van der Waals surface area contributed by atoms with E-state index in [1.807, 2.05) is 36.4 Å². The fraction of sp³-hybridized carbons (Fsp3) is 0.0833. The smallest absolute Gasteiger partial charge is 0.250 e. The molecule has 3 N–H and O–H groups in total. The largest absolute Gasteiger partial charge is 0.332 e. The molecule has 33 heavy (non-hydrogen) atoms. The minimum atomic E-state index is -3.63. The molecule has 3 rings (SSSR count). The molecule has 0 aromatic heterocycles. The lowest BCUT2D eigenvalue weighted by molar-refractivity contribution is -0.115. The van der Waals surface area contributed by atoms with Crippen LogP contribution in [0.4, 0.5) is 5.69 Å². The molecule has 0 saturated heterocycles. The van der Waals surface area contributed by atoms with Gasteiger partial charge in [-0.3, -0.25) is 10.1 Å². The first kappa shape index (κ1) is 24.6. The van der Waals surface area contributed by atoms with E-state index < -0.39 is 15.9 Å². The molecular formula is C24H22ClN3O3S2. The van der Waals surface area contributed by atoms with Gasteiger partial charge in [-0.2, -0.15) is 0 Å². The zero-order valence-corrected chi connectivity index (χ0v) is 19.9. The van der Waals surface area contributed by atoms with Crippen molar-refractivity contribution < 1.29 is 13.2 Å². The van der Waals surface area contributed by atoms with E-state index >= 15 is 0 Å². The Hall–Kier alpha value is -3.04. The van der Waals surface area contributed by atoms with E-state index in [1.165, 1.54) is 18.2 Å². The predicted octanol–water partition coefficient (Wildman–Crippen LogP) is 4.39. The summed E-state index contributed by atoms with van der Waals surface area (Å²) in [5.74, 6) is -0.422. The number of halogens is 1. The van der Waals surface area contributed by atoms with Gasteiger partial charge in [0.25, 0.3) is 0 Å². The predicted molar refractivity (Wildman–Crippen MR) is 137 cm³/mol. The van der Waals surface area contributed by atoms with Gasteiger partial charge in [0, 0.05) is 23.3 Å². The van der Waals surface area contributed by atoms with Crippen LogP contribution < -0.4 is 15.4 Å². The van der Waals surface area contributed by atoms with Crippen molar-refractivity contribution in [2.75, 3.05) is 11.9 Å². The van der Waals surface area contributed by atoms with Gasteiger partial charge in [-0.15, -0.1) is 0 Å². The van der Waals surface area contributed by atoms with E-state index in [2.05, 4.69) is 15.4 Å². The van der Waals surface area contributed by atoms with Gasteiger partial charge in [-0.1, -0.05) is 60.1 Å². The number of sulfonamides is 1. The highest BCUT2D eigenvalue weighted by molar-refractivity contribution is 7.89.